The number of halogens is 2. The van der Waals surface area contributed by atoms with E-state index in [4.69, 9.17) is 4.74 Å². The number of rotatable bonds is 7. The van der Waals surface area contributed by atoms with Gasteiger partial charge >= 0.3 is 6.09 Å². The Morgan fingerprint density at radius 2 is 2.00 bits per heavy atom. The number of aromatic nitrogens is 3. The highest BCUT2D eigenvalue weighted by molar-refractivity contribution is 6.09. The Morgan fingerprint density at radius 3 is 2.60 bits per heavy atom. The molecule has 2 aliphatic rings. The number of ether oxygens (including phenoxy) is 1. The van der Waals surface area contributed by atoms with Crippen LogP contribution in [0.2, 0.25) is 0 Å². The molecule has 2 amide bonds. The van der Waals surface area contributed by atoms with Crippen molar-refractivity contribution in [3.8, 4) is 17.0 Å². The van der Waals surface area contributed by atoms with Crippen molar-refractivity contribution in [3.63, 3.8) is 0 Å². The van der Waals surface area contributed by atoms with Gasteiger partial charge in [0.1, 0.15) is 23.3 Å². The van der Waals surface area contributed by atoms with Gasteiger partial charge in [-0.15, -0.1) is 0 Å². The van der Waals surface area contributed by atoms with Crippen LogP contribution in [0.4, 0.5) is 13.6 Å². The molecule has 9 nitrogen and oxygen atoms in total. The van der Waals surface area contributed by atoms with Gasteiger partial charge in [-0.05, 0) is 62.6 Å². The second-order valence-corrected chi connectivity index (χ2v) is 12.2. The third kappa shape index (κ3) is 4.97. The highest BCUT2D eigenvalue weighted by atomic mass is 19.3. The van der Waals surface area contributed by atoms with Crippen LogP contribution < -0.4 is 10.1 Å². The van der Waals surface area contributed by atoms with Crippen LogP contribution in [0.15, 0.2) is 24.5 Å². The molecule has 11 heteroatoms. The summed E-state index contributed by atoms with van der Waals surface area (Å²) in [6.45, 7) is 10.3. The van der Waals surface area contributed by atoms with Crippen LogP contribution in [-0.2, 0) is 0 Å². The molecule has 1 aliphatic heterocycles. The topological polar surface area (TPSA) is 120 Å². The van der Waals surface area contributed by atoms with Gasteiger partial charge in [-0.1, -0.05) is 20.8 Å². The summed E-state index contributed by atoms with van der Waals surface area (Å²) in [6, 6.07) is 3.86. The summed E-state index contributed by atoms with van der Waals surface area (Å²) in [4.78, 5) is 39.0. The number of nitrogens with zero attached hydrogens (tertiary/aromatic N) is 3. The Hall–Kier alpha value is -3.76. The van der Waals surface area contributed by atoms with E-state index in [0.717, 1.165) is 12.8 Å². The summed E-state index contributed by atoms with van der Waals surface area (Å²) in [5.41, 5.74) is 1.19. The van der Waals surface area contributed by atoms with Crippen LogP contribution in [-0.4, -0.2) is 61.7 Å². The fraction of sp³-hybridized carbons (Fsp3) is 0.517. The van der Waals surface area contributed by atoms with Crippen LogP contribution in [0.3, 0.4) is 0 Å². The maximum Gasteiger partial charge on any atom is 0.407 e. The number of aromatic amines is 1. The molecular formula is C29H35F2N5O4. The average Bonchev–Trinajstić information content (AvgIpc) is 3.54. The van der Waals surface area contributed by atoms with Gasteiger partial charge in [-0.25, -0.2) is 23.5 Å². The Kier molecular flexibility index (Phi) is 6.96. The molecule has 1 saturated carbocycles. The number of likely N-dealkylation sites (tertiary alicyclic amines) is 1. The number of amides is 2. The van der Waals surface area contributed by atoms with Gasteiger partial charge in [0.25, 0.3) is 12.3 Å². The minimum absolute atomic E-state index is 0.159. The quantitative estimate of drug-likeness (QED) is 0.332. The van der Waals surface area contributed by atoms with Gasteiger partial charge in [0.05, 0.1) is 23.2 Å². The largest absolute Gasteiger partial charge is 0.493 e. The van der Waals surface area contributed by atoms with E-state index in [1.54, 1.807) is 6.92 Å². The van der Waals surface area contributed by atoms with Gasteiger partial charge in [-0.3, -0.25) is 4.79 Å². The molecule has 3 heterocycles. The van der Waals surface area contributed by atoms with Crippen molar-refractivity contribution in [2.24, 2.45) is 11.3 Å². The summed E-state index contributed by atoms with van der Waals surface area (Å²) in [6.07, 6.45) is 0.224. The van der Waals surface area contributed by atoms with Crippen LogP contribution in [0.5, 0.6) is 5.75 Å². The van der Waals surface area contributed by atoms with E-state index in [2.05, 4.69) is 20.3 Å². The lowest BCUT2D eigenvalue weighted by Gasteiger charge is -2.44. The number of carbonyl (C=O) groups excluding carboxylic acids is 1. The number of benzene rings is 1. The zero-order chi connectivity index (χ0) is 29.0. The molecule has 3 aromatic rings. The summed E-state index contributed by atoms with van der Waals surface area (Å²) in [7, 11) is 0. The van der Waals surface area contributed by atoms with E-state index in [1.807, 2.05) is 27.7 Å². The first kappa shape index (κ1) is 27.8. The smallest absolute Gasteiger partial charge is 0.407 e. The summed E-state index contributed by atoms with van der Waals surface area (Å²) in [5, 5.41) is 12.9. The third-order valence-corrected chi connectivity index (χ3v) is 8.51. The predicted octanol–water partition coefficient (Wildman–Crippen LogP) is 5.95. The predicted molar refractivity (Wildman–Crippen MR) is 146 cm³/mol. The van der Waals surface area contributed by atoms with Crippen LogP contribution in [0, 0.1) is 18.3 Å². The molecule has 0 radical (unpaired) electrons. The first-order chi connectivity index (χ1) is 18.8. The SMILES string of the molecule is Cc1[nH]c2c(-c3cc(C(F)F)ccc3OCC3CC3)ncnc2c1C(=O)N[C@@H]1CN(C(=O)O)[C@](C)(C(C)(C)C)C1. The Balaban J connectivity index is 1.49. The second-order valence-electron chi connectivity index (χ2n) is 12.2. The van der Waals surface area contributed by atoms with E-state index in [1.165, 1.54) is 29.4 Å². The van der Waals surface area contributed by atoms with E-state index < -0.39 is 30.0 Å². The van der Waals surface area contributed by atoms with Gasteiger partial charge in [-0.2, -0.15) is 0 Å². The number of hydrogen-bond donors (Lipinski definition) is 3. The normalized spacial score (nSPS) is 21.3. The number of H-pyrrole nitrogens is 1. The second kappa shape index (κ2) is 10.0. The molecule has 1 aromatic carbocycles. The highest BCUT2D eigenvalue weighted by Crippen LogP contribution is 2.44. The molecular weight excluding hydrogens is 520 g/mol. The molecule has 2 aromatic heterocycles. The monoisotopic (exact) mass is 555 g/mol. The number of aryl methyl sites for hydroxylation is 1. The molecule has 3 N–H and O–H groups in total. The van der Waals surface area contributed by atoms with Crippen molar-refractivity contribution >= 4 is 23.0 Å². The van der Waals surface area contributed by atoms with Gasteiger partial charge in [0, 0.05) is 29.4 Å². The number of carboxylic acid groups (broad SMARTS) is 1. The van der Waals surface area contributed by atoms with Crippen LogP contribution in [0.25, 0.3) is 22.3 Å². The molecule has 2 atom stereocenters. The minimum Gasteiger partial charge on any atom is -0.493 e. The molecule has 1 aliphatic carbocycles. The lowest BCUT2D eigenvalue weighted by molar-refractivity contribution is 0.0443. The molecule has 0 unspecified atom stereocenters. The van der Waals surface area contributed by atoms with E-state index in [-0.39, 0.29) is 17.5 Å². The number of fused-ring (bicyclic) bond motifs is 1. The van der Waals surface area contributed by atoms with Gasteiger partial charge < -0.3 is 25.0 Å². The number of alkyl halides is 2. The van der Waals surface area contributed by atoms with Crippen molar-refractivity contribution in [3.05, 3.63) is 41.3 Å². The fourth-order valence-electron chi connectivity index (χ4n) is 5.52. The van der Waals surface area contributed by atoms with E-state index in [0.29, 0.717) is 58.2 Å². The summed E-state index contributed by atoms with van der Waals surface area (Å²) < 4.78 is 33.3. The first-order valence-electron chi connectivity index (χ1n) is 13.5. The first-order valence-corrected chi connectivity index (χ1v) is 13.5. The maximum atomic E-state index is 13.6. The molecule has 0 bridgehead atoms. The van der Waals surface area contributed by atoms with Crippen molar-refractivity contribution < 1.29 is 28.2 Å². The molecule has 1 saturated heterocycles. The average molecular weight is 556 g/mol. The molecule has 40 heavy (non-hydrogen) atoms. The zero-order valence-corrected chi connectivity index (χ0v) is 23.3. The van der Waals surface area contributed by atoms with Gasteiger partial charge in [0.15, 0.2) is 0 Å². The zero-order valence-electron chi connectivity index (χ0n) is 23.3. The number of carbonyl (C=O) groups is 2. The number of nitrogens with one attached hydrogen (secondary N) is 2. The molecule has 5 rings (SSSR count). The summed E-state index contributed by atoms with van der Waals surface area (Å²) >= 11 is 0. The molecule has 0 spiro atoms. The maximum absolute atomic E-state index is 13.6. The Bertz CT molecular complexity index is 1460. The third-order valence-electron chi connectivity index (χ3n) is 8.51. The lowest BCUT2D eigenvalue weighted by Crippen LogP contribution is -2.52. The fourth-order valence-corrected chi connectivity index (χ4v) is 5.52. The van der Waals surface area contributed by atoms with Crippen molar-refractivity contribution in [1.82, 2.24) is 25.2 Å². The van der Waals surface area contributed by atoms with Crippen molar-refractivity contribution in [2.45, 2.75) is 71.9 Å². The van der Waals surface area contributed by atoms with Gasteiger partial charge in [0.2, 0.25) is 0 Å². The molecule has 214 valence electrons. The standard InChI is InChI=1S/C29H35F2N5O4/c1-15-21(26(37)35-18-11-29(5,28(2,3)4)36(12-18)27(38)39)23-24(34-15)22(32-14-33-23)19-10-17(25(30)31)8-9-20(19)40-13-16-6-7-16/h8-10,14,16,18,25,34H,6-7,11-13H2,1-5H3,(H,35,37)(H,38,39)/t18-,29-/m0/s1. The van der Waals surface area contributed by atoms with Crippen LogP contribution in [0.1, 0.15) is 75.0 Å². The molecule has 2 fully saturated rings. The minimum atomic E-state index is -2.67. The van der Waals surface area contributed by atoms with Crippen molar-refractivity contribution in [1.29, 1.82) is 0 Å². The number of hydrogen-bond acceptors (Lipinski definition) is 5. The Labute approximate surface area is 231 Å². The van der Waals surface area contributed by atoms with Crippen LogP contribution >= 0.6 is 0 Å². The van der Waals surface area contributed by atoms with E-state index in [9.17, 15) is 23.5 Å². The highest BCUT2D eigenvalue weighted by Gasteiger charge is 2.52. The lowest BCUT2D eigenvalue weighted by atomic mass is 9.73. The Morgan fingerprint density at radius 1 is 1.27 bits per heavy atom. The summed E-state index contributed by atoms with van der Waals surface area (Å²) in [5.74, 6) is 0.507. The van der Waals surface area contributed by atoms with E-state index >= 15 is 0 Å². The van der Waals surface area contributed by atoms with Crippen molar-refractivity contribution in [2.75, 3.05) is 13.2 Å².